The smallest absolute Gasteiger partial charge is 0.236 e. The molecule has 3 aromatic heterocycles. The van der Waals surface area contributed by atoms with Crippen LogP contribution in [0.25, 0.3) is 10.7 Å². The molecule has 0 radical (unpaired) electrons. The second-order valence-electron chi connectivity index (χ2n) is 5.98. The number of fused-ring (bicyclic) bond motifs is 1. The van der Waals surface area contributed by atoms with Crippen molar-refractivity contribution in [3.8, 4) is 10.7 Å². The van der Waals surface area contributed by atoms with Crippen LogP contribution in [0.5, 0.6) is 0 Å². The Morgan fingerprint density at radius 2 is 2.16 bits per heavy atom. The van der Waals surface area contributed by atoms with E-state index in [1.54, 1.807) is 22.7 Å². The maximum atomic E-state index is 12.8. The number of hydrogen-bond donors (Lipinski definition) is 0. The molecule has 4 rings (SSSR count). The summed E-state index contributed by atoms with van der Waals surface area (Å²) >= 11 is 4.91. The zero-order chi connectivity index (χ0) is 17.4. The van der Waals surface area contributed by atoms with Gasteiger partial charge in [0.05, 0.1) is 10.1 Å². The topological polar surface area (TPSA) is 51.0 Å². The molecule has 1 aliphatic heterocycles. The van der Waals surface area contributed by atoms with E-state index < -0.39 is 0 Å². The molecule has 0 saturated carbocycles. The Bertz CT molecular complexity index is 884. The second-order valence-corrected chi connectivity index (χ2v) is 9.24. The minimum atomic E-state index is -0.181. The van der Waals surface area contributed by atoms with Crippen molar-refractivity contribution in [2.45, 2.75) is 30.3 Å². The largest absolute Gasteiger partial charge is 0.337 e. The van der Waals surface area contributed by atoms with Crippen molar-refractivity contribution in [2.75, 3.05) is 6.54 Å². The van der Waals surface area contributed by atoms with Crippen LogP contribution in [0.15, 0.2) is 34.1 Å². The van der Waals surface area contributed by atoms with Crippen molar-refractivity contribution in [3.05, 3.63) is 39.4 Å². The summed E-state index contributed by atoms with van der Waals surface area (Å²) in [5.41, 5.74) is 1.29. The molecule has 0 aromatic carbocycles. The van der Waals surface area contributed by atoms with Crippen LogP contribution >= 0.6 is 34.4 Å². The number of thiophene rings is 2. The number of carbonyl (C=O) groups excluding carboxylic acids is 1. The van der Waals surface area contributed by atoms with Crippen LogP contribution in [-0.4, -0.2) is 37.4 Å². The summed E-state index contributed by atoms with van der Waals surface area (Å²) in [6.07, 6.45) is 0.961. The van der Waals surface area contributed by atoms with Gasteiger partial charge in [0.25, 0.3) is 0 Å². The van der Waals surface area contributed by atoms with Crippen LogP contribution in [0.3, 0.4) is 0 Å². The number of nitrogens with zero attached hydrogens (tertiary/aromatic N) is 4. The highest BCUT2D eigenvalue weighted by Gasteiger charge is 2.27. The fourth-order valence-electron chi connectivity index (χ4n) is 2.94. The lowest BCUT2D eigenvalue weighted by Crippen LogP contribution is -2.39. The van der Waals surface area contributed by atoms with E-state index in [9.17, 15) is 4.79 Å². The molecule has 3 aromatic rings. The molecule has 1 aliphatic rings. The standard InChI is InChI=1S/C17H18N4OS3/c1-11(16(22)21-7-5-13-12(10-21)6-9-24-13)25-17-19-18-15(20(17)2)14-4-3-8-23-14/h3-4,6,8-9,11H,5,7,10H2,1-2H3. The summed E-state index contributed by atoms with van der Waals surface area (Å²) in [6.45, 7) is 3.48. The zero-order valence-electron chi connectivity index (χ0n) is 14.0. The fraction of sp³-hybridized carbons (Fsp3) is 0.353. The molecule has 0 fully saturated rings. The third-order valence-electron chi connectivity index (χ3n) is 4.33. The quantitative estimate of drug-likeness (QED) is 0.638. The summed E-state index contributed by atoms with van der Waals surface area (Å²) in [7, 11) is 1.95. The monoisotopic (exact) mass is 390 g/mol. The lowest BCUT2D eigenvalue weighted by molar-refractivity contribution is -0.131. The van der Waals surface area contributed by atoms with Crippen LogP contribution in [0.4, 0.5) is 0 Å². The molecule has 1 unspecified atom stereocenters. The molecule has 1 atom stereocenters. The lowest BCUT2D eigenvalue weighted by Gasteiger charge is -2.29. The molecule has 0 saturated heterocycles. The van der Waals surface area contributed by atoms with E-state index in [4.69, 9.17) is 0 Å². The molecule has 1 amide bonds. The maximum absolute atomic E-state index is 12.8. The number of rotatable bonds is 4. The Balaban J connectivity index is 1.45. The van der Waals surface area contributed by atoms with Crippen molar-refractivity contribution in [3.63, 3.8) is 0 Å². The van der Waals surface area contributed by atoms with Gasteiger partial charge in [-0.25, -0.2) is 0 Å². The van der Waals surface area contributed by atoms with Crippen molar-refractivity contribution in [1.82, 2.24) is 19.7 Å². The number of carbonyl (C=O) groups is 1. The molecular weight excluding hydrogens is 372 g/mol. The average molecular weight is 391 g/mol. The Morgan fingerprint density at radius 3 is 2.96 bits per heavy atom. The fourth-order valence-corrected chi connectivity index (χ4v) is 5.47. The van der Waals surface area contributed by atoms with Gasteiger partial charge in [-0.3, -0.25) is 4.79 Å². The maximum Gasteiger partial charge on any atom is 0.236 e. The van der Waals surface area contributed by atoms with E-state index in [2.05, 4.69) is 21.6 Å². The van der Waals surface area contributed by atoms with Gasteiger partial charge in [-0.15, -0.1) is 32.9 Å². The first-order valence-electron chi connectivity index (χ1n) is 8.07. The summed E-state index contributed by atoms with van der Waals surface area (Å²) < 4.78 is 1.97. The summed E-state index contributed by atoms with van der Waals surface area (Å²) in [4.78, 5) is 17.3. The molecule has 0 aliphatic carbocycles. The predicted octanol–water partition coefficient (Wildman–Crippen LogP) is 3.67. The summed E-state index contributed by atoms with van der Waals surface area (Å²) in [5.74, 6) is 1.01. The van der Waals surface area contributed by atoms with E-state index in [0.717, 1.165) is 35.4 Å². The summed E-state index contributed by atoms with van der Waals surface area (Å²) in [6, 6.07) is 6.17. The Morgan fingerprint density at radius 1 is 1.28 bits per heavy atom. The normalized spacial score (nSPS) is 15.2. The number of aromatic nitrogens is 3. The van der Waals surface area contributed by atoms with E-state index in [-0.39, 0.29) is 11.2 Å². The first kappa shape index (κ1) is 16.8. The van der Waals surface area contributed by atoms with Crippen LogP contribution in [0.1, 0.15) is 17.4 Å². The van der Waals surface area contributed by atoms with Gasteiger partial charge in [0, 0.05) is 25.0 Å². The molecule has 0 bridgehead atoms. The van der Waals surface area contributed by atoms with Crippen molar-refractivity contribution in [1.29, 1.82) is 0 Å². The predicted molar refractivity (Wildman–Crippen MR) is 103 cm³/mol. The van der Waals surface area contributed by atoms with Crippen molar-refractivity contribution < 1.29 is 4.79 Å². The van der Waals surface area contributed by atoms with Crippen LogP contribution in [-0.2, 0) is 24.8 Å². The van der Waals surface area contributed by atoms with Gasteiger partial charge in [0.1, 0.15) is 0 Å². The van der Waals surface area contributed by atoms with Crippen molar-refractivity contribution >= 4 is 40.3 Å². The molecule has 0 N–H and O–H groups in total. The highest BCUT2D eigenvalue weighted by molar-refractivity contribution is 8.00. The van der Waals surface area contributed by atoms with E-state index in [0.29, 0.717) is 0 Å². The molecule has 8 heteroatoms. The van der Waals surface area contributed by atoms with Gasteiger partial charge in [-0.05, 0) is 41.8 Å². The minimum absolute atomic E-state index is 0.169. The van der Waals surface area contributed by atoms with Gasteiger partial charge in [-0.2, -0.15) is 0 Å². The highest BCUT2D eigenvalue weighted by atomic mass is 32.2. The minimum Gasteiger partial charge on any atom is -0.337 e. The Hall–Kier alpha value is -1.64. The third-order valence-corrected chi connectivity index (χ3v) is 7.34. The number of amides is 1. The highest BCUT2D eigenvalue weighted by Crippen LogP contribution is 2.30. The van der Waals surface area contributed by atoms with Gasteiger partial charge in [-0.1, -0.05) is 17.8 Å². The van der Waals surface area contributed by atoms with Crippen LogP contribution in [0, 0.1) is 0 Å². The van der Waals surface area contributed by atoms with E-state index >= 15 is 0 Å². The van der Waals surface area contributed by atoms with Gasteiger partial charge < -0.3 is 9.47 Å². The van der Waals surface area contributed by atoms with E-state index in [1.807, 2.05) is 41.0 Å². The number of hydrogen-bond acceptors (Lipinski definition) is 6. The molecule has 0 spiro atoms. The molecule has 130 valence electrons. The summed E-state index contributed by atoms with van der Waals surface area (Å²) in [5, 5.41) is 13.3. The second kappa shape index (κ2) is 6.93. The van der Waals surface area contributed by atoms with Gasteiger partial charge in [0.15, 0.2) is 11.0 Å². The SMILES string of the molecule is CC(Sc1nnc(-c2cccs2)n1C)C(=O)N1CCc2sccc2C1. The van der Waals surface area contributed by atoms with Gasteiger partial charge >= 0.3 is 0 Å². The molecule has 25 heavy (non-hydrogen) atoms. The Kier molecular flexibility index (Phi) is 4.66. The van der Waals surface area contributed by atoms with Crippen LogP contribution in [0.2, 0.25) is 0 Å². The van der Waals surface area contributed by atoms with Crippen LogP contribution < -0.4 is 0 Å². The average Bonchev–Trinajstić information content (AvgIpc) is 3.35. The van der Waals surface area contributed by atoms with E-state index in [1.165, 1.54) is 22.2 Å². The zero-order valence-corrected chi connectivity index (χ0v) is 16.5. The lowest BCUT2D eigenvalue weighted by atomic mass is 10.1. The number of thioether (sulfide) groups is 1. The Labute approximate surface area is 158 Å². The molecule has 5 nitrogen and oxygen atoms in total. The van der Waals surface area contributed by atoms with Gasteiger partial charge in [0.2, 0.25) is 5.91 Å². The molecule has 4 heterocycles. The molecular formula is C17H18N4OS3. The first-order valence-corrected chi connectivity index (χ1v) is 10.7. The first-order chi connectivity index (χ1) is 12.1. The third kappa shape index (κ3) is 3.26. The van der Waals surface area contributed by atoms with Crippen molar-refractivity contribution in [2.24, 2.45) is 7.05 Å².